The molecule has 0 N–H and O–H groups in total. The van der Waals surface area contributed by atoms with Crippen molar-refractivity contribution >= 4 is 28.5 Å². The molecule has 0 saturated carbocycles. The van der Waals surface area contributed by atoms with Crippen molar-refractivity contribution in [1.29, 1.82) is 0 Å². The maximum Gasteiger partial charge on any atom is 0.258 e. The van der Waals surface area contributed by atoms with Gasteiger partial charge in [-0.25, -0.2) is 4.90 Å². The fourth-order valence-electron chi connectivity index (χ4n) is 3.03. The minimum absolute atomic E-state index is 0.335. The Morgan fingerprint density at radius 1 is 0.920 bits per heavy atom. The second kappa shape index (κ2) is 5.06. The molecule has 0 spiro atoms. The first kappa shape index (κ1) is 14.0. The number of fused-ring (bicyclic) bond motifs is 2. The number of furan rings is 1. The second-order valence-electron chi connectivity index (χ2n) is 5.85. The number of carbonyl (C=O) groups excluding carboxylic acids is 2. The van der Waals surface area contributed by atoms with Crippen molar-refractivity contribution in [3.05, 3.63) is 60.2 Å². The van der Waals surface area contributed by atoms with Gasteiger partial charge in [0.1, 0.15) is 18.0 Å². The van der Waals surface area contributed by atoms with Gasteiger partial charge in [0.2, 0.25) is 0 Å². The van der Waals surface area contributed by atoms with Gasteiger partial charge in [0.15, 0.2) is 5.75 Å². The quantitative estimate of drug-likeness (QED) is 0.531. The zero-order valence-electron chi connectivity index (χ0n) is 12.9. The number of nitrogens with zero attached hydrogens (tertiary/aromatic N) is 1. The zero-order chi connectivity index (χ0) is 17.0. The average molecular weight is 333 g/mol. The highest BCUT2D eigenvalue weighted by atomic mass is 17.2. The summed E-state index contributed by atoms with van der Waals surface area (Å²) in [5, 5.41) is 0.914. The Kier molecular flexibility index (Phi) is 2.83. The Balaban J connectivity index is 1.50. The van der Waals surface area contributed by atoms with Crippen LogP contribution in [-0.2, 0) is 21.1 Å². The molecule has 2 amide bonds. The number of hydrogen-bond donors (Lipinski definition) is 0. The average Bonchev–Trinajstić information content (AvgIpc) is 3.31. The standard InChI is InChI=1S/C19H11NO5/c21-18-5-6-19(22)20(18)14-3-1-11(2-4-14)15-7-12-8-17-13(10-23-25-17)9-16(12)24-15/h1-9H,10H2. The molecule has 122 valence electrons. The lowest BCUT2D eigenvalue weighted by Gasteiger charge is -2.13. The lowest BCUT2D eigenvalue weighted by Crippen LogP contribution is -2.29. The number of benzene rings is 2. The van der Waals surface area contributed by atoms with E-state index in [2.05, 4.69) is 0 Å². The van der Waals surface area contributed by atoms with Crippen molar-refractivity contribution in [2.45, 2.75) is 6.61 Å². The lowest BCUT2D eigenvalue weighted by atomic mass is 10.1. The molecule has 0 radical (unpaired) electrons. The van der Waals surface area contributed by atoms with Crippen molar-refractivity contribution in [3.63, 3.8) is 0 Å². The largest absolute Gasteiger partial charge is 0.456 e. The van der Waals surface area contributed by atoms with Crippen LogP contribution in [-0.4, -0.2) is 11.8 Å². The van der Waals surface area contributed by atoms with Crippen molar-refractivity contribution < 1.29 is 23.8 Å². The molecule has 2 aliphatic rings. The van der Waals surface area contributed by atoms with E-state index >= 15 is 0 Å². The minimum atomic E-state index is -0.335. The van der Waals surface area contributed by atoms with Crippen LogP contribution in [0.5, 0.6) is 5.75 Å². The minimum Gasteiger partial charge on any atom is -0.456 e. The molecule has 0 bridgehead atoms. The first-order valence-corrected chi connectivity index (χ1v) is 7.71. The molecule has 5 rings (SSSR count). The van der Waals surface area contributed by atoms with E-state index in [1.807, 2.05) is 30.3 Å². The highest BCUT2D eigenvalue weighted by molar-refractivity contribution is 6.28. The first-order chi connectivity index (χ1) is 12.2. The van der Waals surface area contributed by atoms with Gasteiger partial charge in [0.05, 0.1) is 5.69 Å². The van der Waals surface area contributed by atoms with E-state index in [0.717, 1.165) is 27.0 Å². The molecule has 0 atom stereocenters. The molecule has 2 aromatic carbocycles. The molecule has 0 unspecified atom stereocenters. The molecule has 0 fully saturated rings. The van der Waals surface area contributed by atoms with E-state index in [9.17, 15) is 9.59 Å². The van der Waals surface area contributed by atoms with Crippen LogP contribution in [0, 0.1) is 0 Å². The molecular formula is C19H11NO5. The third kappa shape index (κ3) is 2.15. The van der Waals surface area contributed by atoms with E-state index in [1.165, 1.54) is 12.2 Å². The van der Waals surface area contributed by atoms with Crippen LogP contribution in [0.1, 0.15) is 5.56 Å². The zero-order valence-corrected chi connectivity index (χ0v) is 12.9. The topological polar surface area (TPSA) is 69.0 Å². The van der Waals surface area contributed by atoms with Crippen molar-refractivity contribution in [3.8, 4) is 17.1 Å². The Hall–Kier alpha value is -3.38. The van der Waals surface area contributed by atoms with Crippen LogP contribution < -0.4 is 9.79 Å². The maximum atomic E-state index is 11.7. The Morgan fingerprint density at radius 2 is 1.68 bits per heavy atom. The molecule has 2 aliphatic heterocycles. The molecule has 0 saturated heterocycles. The van der Waals surface area contributed by atoms with Gasteiger partial charge in [-0.2, -0.15) is 4.89 Å². The predicted molar refractivity (Wildman–Crippen MR) is 88.7 cm³/mol. The van der Waals surface area contributed by atoms with Gasteiger partial charge < -0.3 is 9.30 Å². The number of carbonyl (C=O) groups is 2. The van der Waals surface area contributed by atoms with E-state index in [-0.39, 0.29) is 11.8 Å². The van der Waals surface area contributed by atoms with Gasteiger partial charge in [0.25, 0.3) is 11.8 Å². The van der Waals surface area contributed by atoms with Crippen molar-refractivity contribution in [2.75, 3.05) is 4.90 Å². The monoisotopic (exact) mass is 333 g/mol. The maximum absolute atomic E-state index is 11.7. The summed E-state index contributed by atoms with van der Waals surface area (Å²) in [6.45, 7) is 0.405. The summed E-state index contributed by atoms with van der Waals surface area (Å²) in [5.41, 5.74) is 3.08. The van der Waals surface area contributed by atoms with Gasteiger partial charge in [-0.05, 0) is 42.5 Å². The van der Waals surface area contributed by atoms with Crippen molar-refractivity contribution in [2.24, 2.45) is 0 Å². The molecular weight excluding hydrogens is 322 g/mol. The third-order valence-corrected chi connectivity index (χ3v) is 4.28. The van der Waals surface area contributed by atoms with Crippen LogP contribution in [0.3, 0.4) is 0 Å². The number of amides is 2. The molecule has 6 heteroatoms. The molecule has 1 aromatic heterocycles. The van der Waals surface area contributed by atoms with Gasteiger partial charge in [-0.3, -0.25) is 9.59 Å². The van der Waals surface area contributed by atoms with Gasteiger partial charge in [-0.1, -0.05) is 0 Å². The van der Waals surface area contributed by atoms with E-state index in [4.69, 9.17) is 14.2 Å². The first-order valence-electron chi connectivity index (χ1n) is 7.71. The van der Waals surface area contributed by atoms with E-state index in [0.29, 0.717) is 23.8 Å². The summed E-state index contributed by atoms with van der Waals surface area (Å²) in [4.78, 5) is 34.6. The summed E-state index contributed by atoms with van der Waals surface area (Å²) in [7, 11) is 0. The molecule has 3 aromatic rings. The molecule has 3 heterocycles. The summed E-state index contributed by atoms with van der Waals surface area (Å²) in [5.74, 6) is 0.730. The number of rotatable bonds is 2. The Morgan fingerprint density at radius 3 is 2.44 bits per heavy atom. The fraction of sp³-hybridized carbons (Fsp3) is 0.0526. The highest BCUT2D eigenvalue weighted by Crippen LogP contribution is 2.35. The Labute approximate surface area is 141 Å². The molecule has 25 heavy (non-hydrogen) atoms. The van der Waals surface area contributed by atoms with Crippen molar-refractivity contribution in [1.82, 2.24) is 0 Å². The number of anilines is 1. The predicted octanol–water partition coefficient (Wildman–Crippen LogP) is 3.35. The van der Waals surface area contributed by atoms with Gasteiger partial charge >= 0.3 is 0 Å². The second-order valence-corrected chi connectivity index (χ2v) is 5.85. The third-order valence-electron chi connectivity index (χ3n) is 4.28. The van der Waals surface area contributed by atoms with Crippen LogP contribution in [0.25, 0.3) is 22.3 Å². The highest BCUT2D eigenvalue weighted by Gasteiger charge is 2.25. The van der Waals surface area contributed by atoms with Crippen LogP contribution in [0.15, 0.2) is 59.0 Å². The van der Waals surface area contributed by atoms with Gasteiger partial charge in [0, 0.05) is 28.7 Å². The SMILES string of the molecule is O=C1C=CC(=O)N1c1ccc(-c2cc3cc4c(cc3o2)COO4)cc1. The summed E-state index contributed by atoms with van der Waals surface area (Å²) in [6.07, 6.45) is 2.53. The fourth-order valence-corrected chi connectivity index (χ4v) is 3.03. The Bertz CT molecular complexity index is 1000. The smallest absolute Gasteiger partial charge is 0.258 e. The van der Waals surface area contributed by atoms with Crippen LogP contribution >= 0.6 is 0 Å². The van der Waals surface area contributed by atoms with Crippen LogP contribution in [0.4, 0.5) is 5.69 Å². The molecule has 0 aliphatic carbocycles. The number of imide groups is 1. The molecule has 6 nitrogen and oxygen atoms in total. The number of hydrogen-bond acceptors (Lipinski definition) is 5. The summed E-state index contributed by atoms with van der Waals surface area (Å²) < 4.78 is 5.92. The van der Waals surface area contributed by atoms with Crippen LogP contribution in [0.2, 0.25) is 0 Å². The lowest BCUT2D eigenvalue weighted by molar-refractivity contribution is -0.194. The summed E-state index contributed by atoms with van der Waals surface area (Å²) in [6, 6.07) is 12.8. The van der Waals surface area contributed by atoms with E-state index < -0.39 is 0 Å². The normalized spacial score (nSPS) is 15.9. The van der Waals surface area contributed by atoms with Gasteiger partial charge in [-0.15, -0.1) is 0 Å². The summed E-state index contributed by atoms with van der Waals surface area (Å²) >= 11 is 0. The van der Waals surface area contributed by atoms with E-state index in [1.54, 1.807) is 12.1 Å².